The number of nitrogens with zero attached hydrogens (tertiary/aromatic N) is 3. The summed E-state index contributed by atoms with van der Waals surface area (Å²) in [5.74, 6) is 0. The van der Waals surface area contributed by atoms with Crippen molar-refractivity contribution in [2.45, 2.75) is 41.8 Å². The van der Waals surface area contributed by atoms with E-state index >= 15 is 0 Å². The van der Waals surface area contributed by atoms with E-state index in [2.05, 4.69) is 51.9 Å². The molecule has 0 amide bonds. The Balaban J connectivity index is 2.24. The first-order valence-corrected chi connectivity index (χ1v) is 8.25. The van der Waals surface area contributed by atoms with Gasteiger partial charge in [-0.05, 0) is 34.6 Å². The number of hydrogen-bond donors (Lipinski definition) is 0. The van der Waals surface area contributed by atoms with Gasteiger partial charge in [0.1, 0.15) is 5.01 Å². The highest BCUT2D eigenvalue weighted by Crippen LogP contribution is 2.40. The van der Waals surface area contributed by atoms with Crippen molar-refractivity contribution in [3.63, 3.8) is 0 Å². The summed E-state index contributed by atoms with van der Waals surface area (Å²) in [7, 11) is 0. The minimum absolute atomic E-state index is 0.0607. The minimum Gasteiger partial charge on any atom is -0.232 e. The van der Waals surface area contributed by atoms with E-state index < -0.39 is 0 Å². The Labute approximate surface area is 121 Å². The fraction of sp³-hybridized carbons (Fsp3) is 0.500. The number of aromatic nitrogens is 3. The largest absolute Gasteiger partial charge is 0.232 e. The van der Waals surface area contributed by atoms with Crippen molar-refractivity contribution in [2.75, 3.05) is 0 Å². The fourth-order valence-corrected chi connectivity index (χ4v) is 5.75. The van der Waals surface area contributed by atoms with Crippen LogP contribution in [-0.4, -0.2) is 15.2 Å². The zero-order valence-corrected chi connectivity index (χ0v) is 14.0. The van der Waals surface area contributed by atoms with Crippen molar-refractivity contribution >= 4 is 50.4 Å². The monoisotopic (exact) mass is 349 g/mol. The predicted octanol–water partition coefficient (Wildman–Crippen LogP) is 4.51. The van der Waals surface area contributed by atoms with E-state index in [-0.39, 0.29) is 5.41 Å². The summed E-state index contributed by atoms with van der Waals surface area (Å²) >= 11 is 8.41. The van der Waals surface area contributed by atoms with E-state index in [0.29, 0.717) is 0 Å². The van der Waals surface area contributed by atoms with Gasteiger partial charge in [-0.25, -0.2) is 4.98 Å². The van der Waals surface area contributed by atoms with Crippen LogP contribution in [0.1, 0.15) is 31.5 Å². The van der Waals surface area contributed by atoms with Crippen LogP contribution in [0.4, 0.5) is 0 Å². The van der Waals surface area contributed by atoms with Crippen LogP contribution in [-0.2, 0) is 5.41 Å². The molecule has 2 aromatic rings. The molecule has 0 spiro atoms. The Morgan fingerprint density at radius 1 is 1.12 bits per heavy atom. The Morgan fingerprint density at radius 2 is 1.82 bits per heavy atom. The molecule has 0 aliphatic rings. The van der Waals surface area contributed by atoms with Crippen LogP contribution in [0.3, 0.4) is 0 Å². The van der Waals surface area contributed by atoms with Gasteiger partial charge in [0.25, 0.3) is 0 Å². The van der Waals surface area contributed by atoms with Crippen LogP contribution in [0.5, 0.6) is 0 Å². The quantitative estimate of drug-likeness (QED) is 0.799. The summed E-state index contributed by atoms with van der Waals surface area (Å²) in [6.45, 7) is 8.45. The number of halogens is 1. The van der Waals surface area contributed by atoms with Crippen molar-refractivity contribution in [3.8, 4) is 0 Å². The van der Waals surface area contributed by atoms with Crippen molar-refractivity contribution in [2.24, 2.45) is 0 Å². The Hall–Kier alpha value is 0.0200. The van der Waals surface area contributed by atoms with E-state index in [4.69, 9.17) is 0 Å². The summed E-state index contributed by atoms with van der Waals surface area (Å²) in [6.07, 6.45) is 0. The lowest BCUT2D eigenvalue weighted by Gasteiger charge is -2.15. The number of thiazole rings is 1. The first kappa shape index (κ1) is 13.5. The van der Waals surface area contributed by atoms with Gasteiger partial charge in [0.15, 0.2) is 8.68 Å². The average molecular weight is 350 g/mol. The summed E-state index contributed by atoms with van der Waals surface area (Å²) in [6, 6.07) is 0. The zero-order valence-electron chi connectivity index (χ0n) is 9.94. The van der Waals surface area contributed by atoms with Crippen LogP contribution in [0.2, 0.25) is 0 Å². The highest BCUT2D eigenvalue weighted by molar-refractivity contribution is 9.11. The third-order valence-corrected chi connectivity index (χ3v) is 5.61. The van der Waals surface area contributed by atoms with E-state index in [0.717, 1.165) is 23.2 Å². The Morgan fingerprint density at radius 3 is 2.29 bits per heavy atom. The predicted molar refractivity (Wildman–Crippen MR) is 77.3 cm³/mol. The van der Waals surface area contributed by atoms with Crippen molar-refractivity contribution < 1.29 is 0 Å². The maximum atomic E-state index is 4.66. The molecular weight excluding hydrogens is 338 g/mol. The van der Waals surface area contributed by atoms with Crippen LogP contribution in [0.15, 0.2) is 12.5 Å². The number of aryl methyl sites for hydroxylation is 1. The van der Waals surface area contributed by atoms with E-state index in [1.54, 1.807) is 34.4 Å². The van der Waals surface area contributed by atoms with Crippen LogP contribution in [0, 0.1) is 6.92 Å². The molecule has 17 heavy (non-hydrogen) atoms. The van der Waals surface area contributed by atoms with E-state index in [1.807, 2.05) is 6.92 Å². The fourth-order valence-electron chi connectivity index (χ4n) is 1.18. The van der Waals surface area contributed by atoms with Crippen LogP contribution >= 0.6 is 50.4 Å². The smallest absolute Gasteiger partial charge is 0.181 e. The second kappa shape index (κ2) is 4.95. The molecule has 0 aromatic carbocycles. The van der Waals surface area contributed by atoms with E-state index in [9.17, 15) is 0 Å². The zero-order chi connectivity index (χ0) is 12.6. The molecule has 0 N–H and O–H groups in total. The highest BCUT2D eigenvalue weighted by Gasteiger charge is 2.22. The molecule has 0 fully saturated rings. The normalized spacial score (nSPS) is 12.1. The van der Waals surface area contributed by atoms with Gasteiger partial charge in [-0.2, -0.15) is 0 Å². The number of rotatable bonds is 2. The second-order valence-electron chi connectivity index (χ2n) is 4.54. The van der Waals surface area contributed by atoms with Gasteiger partial charge in [0, 0.05) is 5.41 Å². The van der Waals surface area contributed by atoms with Crippen molar-refractivity contribution in [1.82, 2.24) is 15.2 Å². The topological polar surface area (TPSA) is 38.7 Å². The lowest BCUT2D eigenvalue weighted by Crippen LogP contribution is -2.12. The Kier molecular flexibility index (Phi) is 3.92. The molecule has 0 saturated heterocycles. The van der Waals surface area contributed by atoms with Gasteiger partial charge in [-0.15, -0.1) is 10.2 Å². The molecule has 3 nitrogen and oxygen atoms in total. The maximum absolute atomic E-state index is 4.66. The summed E-state index contributed by atoms with van der Waals surface area (Å²) in [4.78, 5) is 4.66. The van der Waals surface area contributed by atoms with Gasteiger partial charge in [-0.3, -0.25) is 0 Å². The molecule has 92 valence electrons. The third kappa shape index (κ3) is 3.27. The standard InChI is InChI=1S/C10H12BrN3S3/c1-5-13-14-9(15-5)17-8-12-6(7(11)16-8)10(2,3)4/h1-4H3. The van der Waals surface area contributed by atoms with Crippen LogP contribution in [0.25, 0.3) is 0 Å². The maximum Gasteiger partial charge on any atom is 0.181 e. The number of hydrogen-bond acceptors (Lipinski definition) is 6. The molecule has 2 rings (SSSR count). The van der Waals surface area contributed by atoms with E-state index in [1.165, 1.54) is 0 Å². The molecule has 0 radical (unpaired) electrons. The summed E-state index contributed by atoms with van der Waals surface area (Å²) in [5, 5.41) is 9.08. The van der Waals surface area contributed by atoms with Crippen molar-refractivity contribution in [1.29, 1.82) is 0 Å². The highest BCUT2D eigenvalue weighted by atomic mass is 79.9. The van der Waals surface area contributed by atoms with Gasteiger partial charge < -0.3 is 0 Å². The summed E-state index contributed by atoms with van der Waals surface area (Å²) < 4.78 is 3.07. The molecular formula is C10H12BrN3S3. The molecule has 0 atom stereocenters. The van der Waals surface area contributed by atoms with Gasteiger partial charge >= 0.3 is 0 Å². The van der Waals surface area contributed by atoms with Gasteiger partial charge in [0.05, 0.1) is 9.48 Å². The molecule has 0 aliphatic heterocycles. The second-order valence-corrected chi connectivity index (χ2v) is 9.53. The molecule has 2 aromatic heterocycles. The lowest BCUT2D eigenvalue weighted by molar-refractivity contribution is 0.567. The third-order valence-electron chi connectivity index (χ3n) is 1.96. The minimum atomic E-state index is 0.0607. The van der Waals surface area contributed by atoms with Crippen LogP contribution < -0.4 is 0 Å². The summed E-state index contributed by atoms with van der Waals surface area (Å²) in [5.41, 5.74) is 1.16. The Bertz CT molecular complexity index is 527. The van der Waals surface area contributed by atoms with Gasteiger partial charge in [0.2, 0.25) is 0 Å². The molecule has 0 saturated carbocycles. The SMILES string of the molecule is Cc1nnc(Sc2nc(C(C)(C)C)c(Br)s2)s1. The molecule has 0 bridgehead atoms. The molecule has 2 heterocycles. The van der Waals surface area contributed by atoms with Gasteiger partial charge in [-0.1, -0.05) is 43.4 Å². The molecule has 0 aliphatic carbocycles. The van der Waals surface area contributed by atoms with Crippen molar-refractivity contribution in [3.05, 3.63) is 14.5 Å². The first-order valence-electron chi connectivity index (χ1n) is 5.01. The first-order chi connectivity index (χ1) is 7.86. The molecule has 0 unspecified atom stereocenters. The molecule has 7 heteroatoms. The average Bonchev–Trinajstić information content (AvgIpc) is 2.72. The lowest BCUT2D eigenvalue weighted by atomic mass is 9.93.